The lowest BCUT2D eigenvalue weighted by Crippen LogP contribution is -2.67. The van der Waals surface area contributed by atoms with Crippen LogP contribution >= 0.6 is 0 Å². The predicted molar refractivity (Wildman–Crippen MR) is 80.4 cm³/mol. The van der Waals surface area contributed by atoms with E-state index in [4.69, 9.17) is 4.74 Å². The molecule has 3 heteroatoms. The Hall–Kier alpha value is -0.120. The Kier molecular flexibility index (Phi) is 4.29. The quantitative estimate of drug-likeness (QED) is 0.833. The number of ether oxygens (including phenoxy) is 1. The van der Waals surface area contributed by atoms with Crippen molar-refractivity contribution in [2.75, 3.05) is 26.3 Å². The van der Waals surface area contributed by atoms with Crippen molar-refractivity contribution in [1.29, 1.82) is 0 Å². The van der Waals surface area contributed by atoms with Crippen LogP contribution in [0.15, 0.2) is 0 Å². The second-order valence-corrected chi connectivity index (χ2v) is 8.09. The average molecular weight is 268 g/mol. The lowest BCUT2D eigenvalue weighted by atomic mass is 9.81. The molecule has 1 N–H and O–H groups in total. The van der Waals surface area contributed by atoms with Crippen LogP contribution in [0.5, 0.6) is 0 Å². The number of rotatable bonds is 2. The van der Waals surface area contributed by atoms with Crippen LogP contribution in [0.25, 0.3) is 0 Å². The maximum atomic E-state index is 5.70. The van der Waals surface area contributed by atoms with E-state index in [0.717, 1.165) is 26.3 Å². The molecule has 0 amide bonds. The summed E-state index contributed by atoms with van der Waals surface area (Å²) >= 11 is 0. The standard InChI is InChI=1S/C16H32N2O/c1-12(2)13-9-17-14(15(3,4)5)10-18(13)16(6)7-8-19-11-16/h12-14,17H,7-11H2,1-6H3. The second kappa shape index (κ2) is 5.34. The van der Waals surface area contributed by atoms with E-state index in [-0.39, 0.29) is 5.54 Å². The molecular formula is C16H32N2O. The Labute approximate surface area is 119 Å². The number of nitrogens with zero attached hydrogens (tertiary/aromatic N) is 1. The van der Waals surface area contributed by atoms with Crippen molar-refractivity contribution in [3.05, 3.63) is 0 Å². The van der Waals surface area contributed by atoms with E-state index < -0.39 is 0 Å². The minimum absolute atomic E-state index is 0.237. The van der Waals surface area contributed by atoms with Crippen molar-refractivity contribution in [2.45, 2.75) is 65.6 Å². The van der Waals surface area contributed by atoms with E-state index in [2.05, 4.69) is 51.8 Å². The number of hydrogen-bond donors (Lipinski definition) is 1. The van der Waals surface area contributed by atoms with Crippen LogP contribution in [-0.2, 0) is 4.74 Å². The van der Waals surface area contributed by atoms with Gasteiger partial charge in [-0.3, -0.25) is 4.90 Å². The molecule has 2 saturated heterocycles. The first-order valence-electron chi connectivity index (χ1n) is 7.82. The van der Waals surface area contributed by atoms with Gasteiger partial charge in [-0.1, -0.05) is 34.6 Å². The topological polar surface area (TPSA) is 24.5 Å². The lowest BCUT2D eigenvalue weighted by Gasteiger charge is -2.52. The predicted octanol–water partition coefficient (Wildman–Crippen LogP) is 2.51. The molecule has 2 aliphatic heterocycles. The molecular weight excluding hydrogens is 236 g/mol. The Morgan fingerprint density at radius 1 is 1.32 bits per heavy atom. The summed E-state index contributed by atoms with van der Waals surface area (Å²) in [7, 11) is 0. The van der Waals surface area contributed by atoms with Crippen molar-refractivity contribution in [3.63, 3.8) is 0 Å². The largest absolute Gasteiger partial charge is 0.379 e. The molecule has 0 aromatic heterocycles. The van der Waals surface area contributed by atoms with Crippen molar-refractivity contribution in [2.24, 2.45) is 11.3 Å². The summed E-state index contributed by atoms with van der Waals surface area (Å²) in [5, 5.41) is 3.78. The third-order valence-electron chi connectivity index (χ3n) is 5.06. The minimum Gasteiger partial charge on any atom is -0.379 e. The first-order valence-corrected chi connectivity index (χ1v) is 7.82. The summed E-state index contributed by atoms with van der Waals surface area (Å²) in [6.45, 7) is 18.2. The van der Waals surface area contributed by atoms with E-state index in [1.807, 2.05) is 0 Å². The highest BCUT2D eigenvalue weighted by molar-refractivity contribution is 5.01. The van der Waals surface area contributed by atoms with Crippen LogP contribution in [-0.4, -0.2) is 48.8 Å². The second-order valence-electron chi connectivity index (χ2n) is 8.09. The van der Waals surface area contributed by atoms with Gasteiger partial charge in [0, 0.05) is 37.3 Å². The van der Waals surface area contributed by atoms with Crippen LogP contribution in [0.4, 0.5) is 0 Å². The zero-order valence-electron chi connectivity index (χ0n) is 13.6. The molecule has 0 aromatic carbocycles. The fourth-order valence-electron chi connectivity index (χ4n) is 3.45. The van der Waals surface area contributed by atoms with Crippen molar-refractivity contribution in [1.82, 2.24) is 10.2 Å². The first kappa shape index (κ1) is 15.3. The Morgan fingerprint density at radius 3 is 2.47 bits per heavy atom. The zero-order valence-corrected chi connectivity index (χ0v) is 13.6. The van der Waals surface area contributed by atoms with Gasteiger partial charge in [0.1, 0.15) is 0 Å². The summed E-state index contributed by atoms with van der Waals surface area (Å²) in [6.07, 6.45) is 1.17. The highest BCUT2D eigenvalue weighted by Crippen LogP contribution is 2.34. The number of hydrogen-bond acceptors (Lipinski definition) is 3. The molecule has 3 unspecified atom stereocenters. The smallest absolute Gasteiger partial charge is 0.0648 e. The fourth-order valence-corrected chi connectivity index (χ4v) is 3.45. The molecule has 2 fully saturated rings. The molecule has 0 bridgehead atoms. The van der Waals surface area contributed by atoms with E-state index in [1.165, 1.54) is 6.42 Å². The normalized spacial score (nSPS) is 38.1. The van der Waals surface area contributed by atoms with E-state index in [0.29, 0.717) is 23.4 Å². The van der Waals surface area contributed by atoms with Crippen molar-refractivity contribution in [3.8, 4) is 0 Å². The molecule has 0 aromatic rings. The molecule has 112 valence electrons. The lowest BCUT2D eigenvalue weighted by molar-refractivity contribution is -0.0213. The van der Waals surface area contributed by atoms with Gasteiger partial charge in [0.15, 0.2) is 0 Å². The van der Waals surface area contributed by atoms with Gasteiger partial charge in [-0.15, -0.1) is 0 Å². The van der Waals surface area contributed by atoms with Gasteiger partial charge in [0.25, 0.3) is 0 Å². The molecule has 2 aliphatic rings. The van der Waals surface area contributed by atoms with Crippen molar-refractivity contribution >= 4 is 0 Å². The fraction of sp³-hybridized carbons (Fsp3) is 1.00. The van der Waals surface area contributed by atoms with E-state index in [9.17, 15) is 0 Å². The Morgan fingerprint density at radius 2 is 2.00 bits per heavy atom. The third-order valence-corrected chi connectivity index (χ3v) is 5.06. The van der Waals surface area contributed by atoms with Crippen LogP contribution in [0, 0.1) is 11.3 Å². The van der Waals surface area contributed by atoms with Crippen LogP contribution in [0.3, 0.4) is 0 Å². The molecule has 0 spiro atoms. The molecule has 0 saturated carbocycles. The first-order chi connectivity index (χ1) is 8.74. The maximum absolute atomic E-state index is 5.70. The highest BCUT2D eigenvalue weighted by atomic mass is 16.5. The van der Waals surface area contributed by atoms with Crippen LogP contribution in [0.1, 0.15) is 48.0 Å². The van der Waals surface area contributed by atoms with E-state index in [1.54, 1.807) is 0 Å². The summed E-state index contributed by atoms with van der Waals surface area (Å²) < 4.78 is 5.70. The maximum Gasteiger partial charge on any atom is 0.0648 e. The van der Waals surface area contributed by atoms with Gasteiger partial charge in [-0.2, -0.15) is 0 Å². The minimum atomic E-state index is 0.237. The van der Waals surface area contributed by atoms with Gasteiger partial charge in [0.05, 0.1) is 6.61 Å². The third kappa shape index (κ3) is 3.14. The average Bonchev–Trinajstić information content (AvgIpc) is 2.75. The molecule has 0 aliphatic carbocycles. The summed E-state index contributed by atoms with van der Waals surface area (Å²) in [5.74, 6) is 0.686. The van der Waals surface area contributed by atoms with E-state index >= 15 is 0 Å². The van der Waals surface area contributed by atoms with Gasteiger partial charge in [-0.05, 0) is 24.7 Å². The zero-order chi connectivity index (χ0) is 14.3. The molecule has 2 heterocycles. The number of nitrogens with one attached hydrogen (secondary N) is 1. The van der Waals surface area contributed by atoms with Crippen LogP contribution in [0.2, 0.25) is 0 Å². The number of piperazine rings is 1. The molecule has 0 radical (unpaired) electrons. The Balaban J connectivity index is 2.18. The van der Waals surface area contributed by atoms with Gasteiger partial charge in [0.2, 0.25) is 0 Å². The van der Waals surface area contributed by atoms with Gasteiger partial charge < -0.3 is 10.1 Å². The molecule has 2 rings (SSSR count). The van der Waals surface area contributed by atoms with Gasteiger partial charge >= 0.3 is 0 Å². The SMILES string of the molecule is CC(C)C1CNC(C(C)(C)C)CN1C1(C)CCOC1. The summed E-state index contributed by atoms with van der Waals surface area (Å²) in [6, 6.07) is 1.20. The monoisotopic (exact) mass is 268 g/mol. The molecule has 19 heavy (non-hydrogen) atoms. The van der Waals surface area contributed by atoms with Crippen LogP contribution < -0.4 is 5.32 Å². The molecule has 3 nitrogen and oxygen atoms in total. The summed E-state index contributed by atoms with van der Waals surface area (Å²) in [4.78, 5) is 2.75. The Bertz CT molecular complexity index is 302. The summed E-state index contributed by atoms with van der Waals surface area (Å²) in [5.41, 5.74) is 0.552. The van der Waals surface area contributed by atoms with Gasteiger partial charge in [-0.25, -0.2) is 0 Å². The van der Waals surface area contributed by atoms with Crippen molar-refractivity contribution < 1.29 is 4.74 Å². The molecule has 3 atom stereocenters. The highest BCUT2D eigenvalue weighted by Gasteiger charge is 2.45.